The molecule has 0 saturated carbocycles. The maximum atomic E-state index is 13.1. The molecule has 2 aliphatic heterocycles. The molecule has 9 nitrogen and oxygen atoms in total. The normalized spacial score (nSPS) is 23.1. The largest absolute Gasteiger partial charge is 0.740 e. The van der Waals surface area contributed by atoms with Gasteiger partial charge in [-0.25, -0.2) is 14.8 Å². The lowest BCUT2D eigenvalue weighted by Gasteiger charge is -2.36. The number of anilines is 2. The van der Waals surface area contributed by atoms with Gasteiger partial charge < -0.3 is 24.3 Å². The topological polar surface area (TPSA) is 99.9 Å². The molecule has 0 bridgehead atoms. The van der Waals surface area contributed by atoms with Crippen LogP contribution in [0.15, 0.2) is 6.07 Å². The first-order chi connectivity index (χ1) is 13.1. The molecule has 1 unspecified atom stereocenters. The zero-order chi connectivity index (χ0) is 19.3. The summed E-state index contributed by atoms with van der Waals surface area (Å²) in [6, 6.07) is 1.59. The van der Waals surface area contributed by atoms with Crippen LogP contribution in [0.5, 0.6) is 0 Å². The third kappa shape index (κ3) is 4.24. The number of hydrogen-bond donors (Lipinski definition) is 1. The van der Waals surface area contributed by atoms with Gasteiger partial charge in [0, 0.05) is 19.7 Å². The van der Waals surface area contributed by atoms with Gasteiger partial charge in [-0.05, 0) is 32.6 Å². The third-order valence-electron chi connectivity index (χ3n) is 5.07. The molecule has 3 heterocycles. The zero-order valence-corrected chi connectivity index (χ0v) is 16.0. The summed E-state index contributed by atoms with van der Waals surface area (Å²) >= 11 is 0. The van der Waals surface area contributed by atoms with Gasteiger partial charge in [-0.15, -0.1) is 0 Å². The van der Waals surface area contributed by atoms with Gasteiger partial charge in [0.05, 0.1) is 25.9 Å². The first-order valence-electron chi connectivity index (χ1n) is 9.65. The van der Waals surface area contributed by atoms with E-state index < -0.39 is 11.7 Å². The molecule has 0 aromatic carbocycles. The standard InChI is InChI=1S/C18H28N4O5/c1-3-18(7-5-6-10-27-18)16-19-14(21-8-11-25-12-9-21)13-15(22(16)24)20-17(23)26-4-2/h13H,3-12H2,1-2H3,(H,20,23). The number of ether oxygens (including phenoxy) is 3. The van der Waals surface area contributed by atoms with Crippen molar-refractivity contribution >= 4 is 17.7 Å². The highest BCUT2D eigenvalue weighted by Gasteiger charge is 2.42. The number of morpholine rings is 1. The minimum absolute atomic E-state index is 0.0990. The molecule has 150 valence electrons. The average molecular weight is 380 g/mol. The van der Waals surface area contributed by atoms with Crippen LogP contribution in [0.4, 0.5) is 16.4 Å². The summed E-state index contributed by atoms with van der Waals surface area (Å²) in [5, 5.41) is 15.6. The number of carbonyl (C=O) groups excluding carboxylic acids is 1. The molecule has 0 spiro atoms. The van der Waals surface area contributed by atoms with Gasteiger partial charge in [0.2, 0.25) is 11.6 Å². The summed E-state index contributed by atoms with van der Waals surface area (Å²) < 4.78 is 17.1. The van der Waals surface area contributed by atoms with Crippen molar-refractivity contribution in [2.24, 2.45) is 0 Å². The molecule has 1 aromatic rings. The summed E-state index contributed by atoms with van der Waals surface area (Å²) in [5.41, 5.74) is -0.743. The molecule has 1 amide bonds. The van der Waals surface area contributed by atoms with Gasteiger partial charge in [-0.2, -0.15) is 0 Å². The van der Waals surface area contributed by atoms with E-state index in [0.29, 0.717) is 55.7 Å². The van der Waals surface area contributed by atoms with Crippen LogP contribution >= 0.6 is 0 Å². The van der Waals surface area contributed by atoms with Crippen LogP contribution < -0.4 is 14.9 Å². The van der Waals surface area contributed by atoms with Crippen LogP contribution in [0.1, 0.15) is 45.4 Å². The minimum atomic E-state index is -0.743. The third-order valence-corrected chi connectivity index (χ3v) is 5.07. The SMILES string of the molecule is CCOC(=O)Nc1cc(N2CCOCC2)nc(C2(CC)CCCCO2)[n+]1[O-]. The second-order valence-corrected chi connectivity index (χ2v) is 6.72. The number of nitrogens with one attached hydrogen (secondary N) is 1. The zero-order valence-electron chi connectivity index (χ0n) is 16.0. The van der Waals surface area contributed by atoms with Crippen LogP contribution in [-0.2, 0) is 19.8 Å². The molecule has 2 saturated heterocycles. The molecule has 1 aromatic heterocycles. The van der Waals surface area contributed by atoms with Crippen molar-refractivity contribution in [3.05, 3.63) is 17.1 Å². The Morgan fingerprint density at radius 1 is 1.37 bits per heavy atom. The Morgan fingerprint density at radius 2 is 2.15 bits per heavy atom. The number of carbonyl (C=O) groups is 1. The number of rotatable bonds is 5. The van der Waals surface area contributed by atoms with Crippen LogP contribution in [0.25, 0.3) is 0 Å². The van der Waals surface area contributed by atoms with Crippen molar-refractivity contribution in [1.82, 2.24) is 4.98 Å². The van der Waals surface area contributed by atoms with Crippen molar-refractivity contribution in [3.63, 3.8) is 0 Å². The van der Waals surface area contributed by atoms with Crippen LogP contribution in [0, 0.1) is 5.21 Å². The highest BCUT2D eigenvalue weighted by Crippen LogP contribution is 2.36. The smallest absolute Gasteiger partial charge is 0.473 e. The van der Waals surface area contributed by atoms with Gasteiger partial charge in [0.15, 0.2) is 5.60 Å². The Labute approximate surface area is 159 Å². The Balaban J connectivity index is 2.02. The summed E-state index contributed by atoms with van der Waals surface area (Å²) in [5.74, 6) is 1.02. The van der Waals surface area contributed by atoms with E-state index >= 15 is 0 Å². The fourth-order valence-corrected chi connectivity index (χ4v) is 3.55. The molecular weight excluding hydrogens is 352 g/mol. The van der Waals surface area contributed by atoms with E-state index in [-0.39, 0.29) is 12.4 Å². The highest BCUT2D eigenvalue weighted by molar-refractivity contribution is 5.82. The van der Waals surface area contributed by atoms with Crippen molar-refractivity contribution in [1.29, 1.82) is 0 Å². The average Bonchev–Trinajstić information content (AvgIpc) is 2.71. The lowest BCUT2D eigenvalue weighted by atomic mass is 9.90. The second kappa shape index (κ2) is 8.71. The van der Waals surface area contributed by atoms with Crippen LogP contribution in [0.3, 0.4) is 0 Å². The predicted octanol–water partition coefficient (Wildman–Crippen LogP) is 1.93. The molecule has 2 aliphatic rings. The van der Waals surface area contributed by atoms with Crippen LogP contribution in [0.2, 0.25) is 0 Å². The number of amides is 1. The van der Waals surface area contributed by atoms with E-state index in [0.717, 1.165) is 19.3 Å². The molecule has 1 atom stereocenters. The van der Waals surface area contributed by atoms with E-state index in [1.54, 1.807) is 13.0 Å². The number of hydrogen-bond acceptors (Lipinski definition) is 7. The molecule has 0 radical (unpaired) electrons. The Kier molecular flexibility index (Phi) is 6.33. The van der Waals surface area contributed by atoms with Gasteiger partial charge in [0.1, 0.15) is 0 Å². The van der Waals surface area contributed by atoms with Gasteiger partial charge >= 0.3 is 6.09 Å². The molecule has 2 fully saturated rings. The molecule has 27 heavy (non-hydrogen) atoms. The van der Waals surface area contributed by atoms with Crippen molar-refractivity contribution in [2.45, 2.75) is 45.1 Å². The molecular formula is C18H28N4O5. The molecule has 0 aliphatic carbocycles. The molecule has 1 N–H and O–H groups in total. The number of nitrogens with zero attached hydrogens (tertiary/aromatic N) is 3. The first-order valence-corrected chi connectivity index (χ1v) is 9.65. The summed E-state index contributed by atoms with van der Waals surface area (Å²) in [6.07, 6.45) is 2.63. The Hall–Kier alpha value is -2.13. The lowest BCUT2D eigenvalue weighted by Crippen LogP contribution is -2.49. The van der Waals surface area contributed by atoms with Gasteiger partial charge in [0.25, 0.3) is 5.82 Å². The summed E-state index contributed by atoms with van der Waals surface area (Å²) in [6.45, 7) is 7.07. The maximum absolute atomic E-state index is 13.1. The van der Waals surface area contributed by atoms with Gasteiger partial charge in [-0.3, -0.25) is 0 Å². The van der Waals surface area contributed by atoms with Gasteiger partial charge in [-0.1, -0.05) is 11.9 Å². The molecule has 9 heteroatoms. The first kappa shape index (κ1) is 19.6. The highest BCUT2D eigenvalue weighted by atomic mass is 16.5. The summed E-state index contributed by atoms with van der Waals surface area (Å²) in [4.78, 5) is 18.6. The van der Waals surface area contributed by atoms with Crippen molar-refractivity contribution in [2.75, 3.05) is 49.7 Å². The van der Waals surface area contributed by atoms with Crippen molar-refractivity contribution in [3.8, 4) is 0 Å². The maximum Gasteiger partial charge on any atom is 0.473 e. The molecule has 3 rings (SSSR count). The fourth-order valence-electron chi connectivity index (χ4n) is 3.55. The van der Waals surface area contributed by atoms with E-state index in [2.05, 4.69) is 15.2 Å². The quantitative estimate of drug-likeness (QED) is 0.615. The monoisotopic (exact) mass is 380 g/mol. The van der Waals surface area contributed by atoms with E-state index in [9.17, 15) is 10.0 Å². The Morgan fingerprint density at radius 3 is 2.78 bits per heavy atom. The van der Waals surface area contributed by atoms with Crippen LogP contribution in [-0.4, -0.2) is 50.6 Å². The number of aromatic nitrogens is 2. The lowest BCUT2D eigenvalue weighted by molar-refractivity contribution is -0.613. The minimum Gasteiger partial charge on any atom is -0.740 e. The fraction of sp³-hybridized carbons (Fsp3) is 0.722. The second-order valence-electron chi connectivity index (χ2n) is 6.72. The van der Waals surface area contributed by atoms with E-state index in [1.165, 1.54) is 0 Å². The predicted molar refractivity (Wildman–Crippen MR) is 98.6 cm³/mol. The Bertz CT molecular complexity index is 657. The van der Waals surface area contributed by atoms with E-state index in [1.807, 2.05) is 6.92 Å². The van der Waals surface area contributed by atoms with Crippen molar-refractivity contribution < 1.29 is 23.7 Å². The summed E-state index contributed by atoms with van der Waals surface area (Å²) in [7, 11) is 0. The van der Waals surface area contributed by atoms with E-state index in [4.69, 9.17) is 14.2 Å².